The van der Waals surface area contributed by atoms with E-state index in [9.17, 15) is 21.2 Å². The van der Waals surface area contributed by atoms with Gasteiger partial charge in [0, 0.05) is 18.1 Å². The Bertz CT molecular complexity index is 643. The number of benzene rings is 1. The summed E-state index contributed by atoms with van der Waals surface area (Å²) in [6, 6.07) is 2.65. The smallest absolute Gasteiger partial charge is 0.224 e. The molecule has 1 aromatic rings. The summed E-state index contributed by atoms with van der Waals surface area (Å²) in [4.78, 5) is -0.922. The van der Waals surface area contributed by atoms with Crippen LogP contribution >= 0.6 is 15.9 Å². The molecule has 0 radical (unpaired) electrons. The number of hydrogen-bond donors (Lipinski definition) is 1. The molecule has 5 nitrogen and oxygen atoms in total. The summed E-state index contributed by atoms with van der Waals surface area (Å²) >= 11 is 3.02. The predicted octanol–water partition coefficient (Wildman–Crippen LogP) is 0.902. The van der Waals surface area contributed by atoms with Crippen LogP contribution in [0.2, 0.25) is 0 Å². The number of sulfonamides is 1. The Balaban J connectivity index is 3.33. The maximum Gasteiger partial charge on any atom is 0.243 e. The number of alkyl halides is 1. The Morgan fingerprint density at radius 3 is 2.39 bits per heavy atom. The molecule has 0 saturated carbocycles. The lowest BCUT2D eigenvalue weighted by atomic mass is 10.3. The highest BCUT2D eigenvalue weighted by Gasteiger charge is 2.21. The molecule has 18 heavy (non-hydrogen) atoms. The molecule has 0 aliphatic rings. The molecule has 102 valence electrons. The molecule has 1 rings (SSSR count). The van der Waals surface area contributed by atoms with E-state index >= 15 is 0 Å². The van der Waals surface area contributed by atoms with Crippen LogP contribution in [0.3, 0.4) is 0 Å². The van der Waals surface area contributed by atoms with Gasteiger partial charge in [0.05, 0.1) is 4.90 Å². The summed E-state index contributed by atoms with van der Waals surface area (Å²) in [6.45, 7) is 0.0743. The van der Waals surface area contributed by atoms with Crippen molar-refractivity contribution in [1.29, 1.82) is 0 Å². The van der Waals surface area contributed by atoms with E-state index in [1.165, 1.54) is 0 Å². The second-order valence-corrected chi connectivity index (χ2v) is 8.00. The minimum Gasteiger partial charge on any atom is -0.224 e. The molecule has 0 aliphatic carbocycles. The molecule has 0 unspecified atom stereocenters. The molecule has 0 bridgehead atoms. The van der Waals surface area contributed by atoms with E-state index in [0.29, 0.717) is 5.33 Å². The molecule has 0 atom stereocenters. The highest BCUT2D eigenvalue weighted by Crippen LogP contribution is 2.19. The molecular formula is C9H11BrFNO4S2. The highest BCUT2D eigenvalue weighted by molar-refractivity contribution is 9.09. The molecule has 1 aromatic carbocycles. The van der Waals surface area contributed by atoms with Crippen LogP contribution in [0, 0.1) is 5.82 Å². The van der Waals surface area contributed by atoms with Crippen LogP contribution < -0.4 is 4.72 Å². The second-order valence-electron chi connectivity index (χ2n) is 3.45. The largest absolute Gasteiger partial charge is 0.243 e. The zero-order valence-electron chi connectivity index (χ0n) is 9.35. The Kier molecular flexibility index (Phi) is 4.87. The maximum absolute atomic E-state index is 13.5. The average molecular weight is 360 g/mol. The van der Waals surface area contributed by atoms with Gasteiger partial charge < -0.3 is 0 Å². The monoisotopic (exact) mass is 359 g/mol. The first-order valence-corrected chi connectivity index (χ1v) is 9.23. The van der Waals surface area contributed by atoms with Gasteiger partial charge in [-0.15, -0.1) is 0 Å². The third-order valence-electron chi connectivity index (χ3n) is 2.01. The van der Waals surface area contributed by atoms with Crippen LogP contribution in [0.25, 0.3) is 0 Å². The van der Waals surface area contributed by atoms with Gasteiger partial charge in [0.1, 0.15) is 10.7 Å². The van der Waals surface area contributed by atoms with Gasteiger partial charge in [0.15, 0.2) is 9.84 Å². The van der Waals surface area contributed by atoms with Crippen molar-refractivity contribution in [3.05, 3.63) is 24.0 Å². The Morgan fingerprint density at radius 1 is 1.28 bits per heavy atom. The average Bonchev–Trinajstić information content (AvgIpc) is 2.25. The first-order valence-electron chi connectivity index (χ1n) is 4.74. The fourth-order valence-electron chi connectivity index (χ4n) is 1.17. The van der Waals surface area contributed by atoms with Crippen molar-refractivity contribution in [2.24, 2.45) is 0 Å². The van der Waals surface area contributed by atoms with Gasteiger partial charge in [0.25, 0.3) is 0 Å². The lowest BCUT2D eigenvalue weighted by Crippen LogP contribution is -2.26. The summed E-state index contributed by atoms with van der Waals surface area (Å²) < 4.78 is 61.6. The van der Waals surface area contributed by atoms with Gasteiger partial charge >= 0.3 is 0 Å². The topological polar surface area (TPSA) is 80.3 Å². The van der Waals surface area contributed by atoms with Crippen molar-refractivity contribution in [3.63, 3.8) is 0 Å². The quantitative estimate of drug-likeness (QED) is 0.625. The summed E-state index contributed by atoms with van der Waals surface area (Å²) in [7, 11) is -7.65. The first-order chi connectivity index (χ1) is 8.18. The fraction of sp³-hybridized carbons (Fsp3) is 0.333. The van der Waals surface area contributed by atoms with E-state index in [1.807, 2.05) is 0 Å². The van der Waals surface area contributed by atoms with Crippen molar-refractivity contribution in [2.75, 3.05) is 18.1 Å². The third kappa shape index (κ3) is 3.74. The van der Waals surface area contributed by atoms with Crippen LogP contribution in [-0.2, 0) is 19.9 Å². The van der Waals surface area contributed by atoms with Crippen molar-refractivity contribution < 1.29 is 21.2 Å². The molecule has 0 aromatic heterocycles. The van der Waals surface area contributed by atoms with Gasteiger partial charge in [-0.1, -0.05) is 15.9 Å². The highest BCUT2D eigenvalue weighted by atomic mass is 79.9. The summed E-state index contributed by atoms with van der Waals surface area (Å²) in [5, 5.41) is 0.361. The molecule has 0 fully saturated rings. The Morgan fingerprint density at radius 2 is 1.89 bits per heavy atom. The van der Waals surface area contributed by atoms with E-state index in [-0.39, 0.29) is 11.4 Å². The zero-order chi connectivity index (χ0) is 14.0. The molecule has 0 amide bonds. The van der Waals surface area contributed by atoms with Gasteiger partial charge in [-0.25, -0.2) is 25.9 Å². The lowest BCUT2D eigenvalue weighted by molar-refractivity contribution is 0.557. The lowest BCUT2D eigenvalue weighted by Gasteiger charge is -2.07. The van der Waals surface area contributed by atoms with Crippen LogP contribution in [0.5, 0.6) is 0 Å². The minimum atomic E-state index is -4.06. The van der Waals surface area contributed by atoms with E-state index in [4.69, 9.17) is 0 Å². The molecule has 0 saturated heterocycles. The molecule has 9 heteroatoms. The van der Waals surface area contributed by atoms with Crippen molar-refractivity contribution in [2.45, 2.75) is 9.79 Å². The van der Waals surface area contributed by atoms with Crippen molar-refractivity contribution >= 4 is 35.8 Å². The van der Waals surface area contributed by atoms with E-state index in [0.717, 1.165) is 24.5 Å². The number of hydrogen-bond acceptors (Lipinski definition) is 4. The fourth-order valence-corrected chi connectivity index (χ4v) is 3.49. The SMILES string of the molecule is CS(=O)(=O)c1ccc(F)c(S(=O)(=O)NCCBr)c1. The number of sulfone groups is 1. The molecular weight excluding hydrogens is 349 g/mol. The summed E-state index contributed by atoms with van der Waals surface area (Å²) in [5.74, 6) is -0.996. The van der Waals surface area contributed by atoms with Gasteiger partial charge in [-0.05, 0) is 18.2 Å². The normalized spacial score (nSPS) is 12.6. The molecule has 1 N–H and O–H groups in total. The van der Waals surface area contributed by atoms with Crippen LogP contribution in [0.1, 0.15) is 0 Å². The maximum atomic E-state index is 13.5. The van der Waals surface area contributed by atoms with Gasteiger partial charge in [0.2, 0.25) is 10.0 Å². The van der Waals surface area contributed by atoms with E-state index in [1.54, 1.807) is 0 Å². The van der Waals surface area contributed by atoms with Gasteiger partial charge in [-0.3, -0.25) is 0 Å². The van der Waals surface area contributed by atoms with E-state index in [2.05, 4.69) is 20.7 Å². The Labute approximate surface area is 113 Å². The summed E-state index contributed by atoms with van der Waals surface area (Å²) in [5.41, 5.74) is 0. The standard InChI is InChI=1S/C9H11BrFNO4S2/c1-17(13,14)7-2-3-8(11)9(6-7)18(15,16)12-5-4-10/h2-3,6,12H,4-5H2,1H3. The predicted molar refractivity (Wildman–Crippen MR) is 68.5 cm³/mol. The molecule has 0 heterocycles. The Hall–Kier alpha value is -0.510. The second kappa shape index (κ2) is 5.64. The van der Waals surface area contributed by atoms with Crippen LogP contribution in [-0.4, -0.2) is 35.0 Å². The minimum absolute atomic E-state index is 0.0743. The zero-order valence-corrected chi connectivity index (χ0v) is 12.6. The van der Waals surface area contributed by atoms with Crippen molar-refractivity contribution in [3.8, 4) is 0 Å². The number of rotatable bonds is 5. The summed E-state index contributed by atoms with van der Waals surface area (Å²) in [6.07, 6.45) is 0.919. The molecule has 0 aliphatic heterocycles. The number of nitrogens with one attached hydrogen (secondary N) is 1. The van der Waals surface area contributed by atoms with Crippen molar-refractivity contribution in [1.82, 2.24) is 4.72 Å². The van der Waals surface area contributed by atoms with Crippen LogP contribution in [0.15, 0.2) is 28.0 Å². The van der Waals surface area contributed by atoms with Crippen LogP contribution in [0.4, 0.5) is 4.39 Å². The van der Waals surface area contributed by atoms with Gasteiger partial charge in [-0.2, -0.15) is 0 Å². The third-order valence-corrected chi connectivity index (χ3v) is 4.99. The first kappa shape index (κ1) is 15.5. The number of halogens is 2. The van der Waals surface area contributed by atoms with E-state index < -0.39 is 30.6 Å². The molecule has 0 spiro atoms.